The molecule has 9 aromatic rings. The molecule has 0 aliphatic carbocycles. The first-order valence-electron chi connectivity index (χ1n) is 15.9. The lowest BCUT2D eigenvalue weighted by Gasteiger charge is -2.16. The smallest absolute Gasteiger partial charge is 0.101 e. The largest absolute Gasteiger partial charge is 0.309 e. The maximum Gasteiger partial charge on any atom is 0.101 e. The SMILES string of the molecule is N#Cc1cc(-n2c3ccccc3c3ccccc32)cc(-c2cccc(-c3ccccc3-n3c4ccccc4c4ccccc43)c2)c1C#N. The summed E-state index contributed by atoms with van der Waals surface area (Å²) in [6.45, 7) is 0. The number of nitriles is 2. The third-order valence-corrected chi connectivity index (χ3v) is 9.40. The molecule has 48 heavy (non-hydrogen) atoms. The maximum atomic E-state index is 10.4. The van der Waals surface area contributed by atoms with Crippen molar-refractivity contribution in [3.63, 3.8) is 0 Å². The first-order valence-corrected chi connectivity index (χ1v) is 15.9. The quantitative estimate of drug-likeness (QED) is 0.199. The van der Waals surface area contributed by atoms with Crippen LogP contribution in [0.3, 0.4) is 0 Å². The highest BCUT2D eigenvalue weighted by molar-refractivity contribution is 6.10. The molecule has 0 saturated heterocycles. The Morgan fingerprint density at radius 2 is 0.875 bits per heavy atom. The Hall–Kier alpha value is -6.88. The molecule has 0 aliphatic heterocycles. The molecule has 0 saturated carbocycles. The van der Waals surface area contributed by atoms with Gasteiger partial charge in [-0.1, -0.05) is 109 Å². The zero-order valence-corrected chi connectivity index (χ0v) is 25.8. The van der Waals surface area contributed by atoms with E-state index in [1.54, 1.807) is 0 Å². The van der Waals surface area contributed by atoms with Crippen LogP contribution in [0.4, 0.5) is 0 Å². The molecule has 2 aromatic heterocycles. The predicted octanol–water partition coefficient (Wildman–Crippen LogP) is 11.0. The lowest BCUT2D eigenvalue weighted by Crippen LogP contribution is -1.99. The van der Waals surface area contributed by atoms with E-state index in [1.165, 1.54) is 10.8 Å². The van der Waals surface area contributed by atoms with E-state index in [1.807, 2.05) is 42.5 Å². The highest BCUT2D eigenvalue weighted by Gasteiger charge is 2.19. The second-order valence-corrected chi connectivity index (χ2v) is 12.0. The summed E-state index contributed by atoms with van der Waals surface area (Å²) in [6.07, 6.45) is 0. The molecule has 0 aliphatic rings. The predicted molar refractivity (Wildman–Crippen MR) is 195 cm³/mol. The number of nitrogens with zero attached hydrogens (tertiary/aromatic N) is 4. The van der Waals surface area contributed by atoms with Gasteiger partial charge in [-0.3, -0.25) is 0 Å². The monoisotopic (exact) mass is 610 g/mol. The highest BCUT2D eigenvalue weighted by atomic mass is 15.0. The molecule has 0 fully saturated rings. The molecule has 0 bridgehead atoms. The Morgan fingerprint density at radius 3 is 1.42 bits per heavy atom. The second kappa shape index (κ2) is 10.9. The van der Waals surface area contributed by atoms with Crippen LogP contribution in [-0.2, 0) is 0 Å². The molecule has 2 heterocycles. The minimum Gasteiger partial charge on any atom is -0.309 e. The van der Waals surface area contributed by atoms with Gasteiger partial charge >= 0.3 is 0 Å². The van der Waals surface area contributed by atoms with Crippen molar-refractivity contribution in [1.29, 1.82) is 10.5 Å². The molecule has 222 valence electrons. The van der Waals surface area contributed by atoms with Gasteiger partial charge in [0.05, 0.1) is 38.9 Å². The van der Waals surface area contributed by atoms with Crippen molar-refractivity contribution in [2.24, 2.45) is 0 Å². The summed E-state index contributed by atoms with van der Waals surface area (Å²) in [5, 5.41) is 25.4. The van der Waals surface area contributed by atoms with Crippen LogP contribution in [0.1, 0.15) is 11.1 Å². The Bertz CT molecular complexity index is 2710. The summed E-state index contributed by atoms with van der Waals surface area (Å²) in [6, 6.07) is 59.0. The van der Waals surface area contributed by atoms with Crippen LogP contribution in [-0.4, -0.2) is 9.13 Å². The van der Waals surface area contributed by atoms with E-state index in [9.17, 15) is 10.5 Å². The third-order valence-electron chi connectivity index (χ3n) is 9.40. The van der Waals surface area contributed by atoms with Gasteiger partial charge in [-0.15, -0.1) is 0 Å². The molecule has 0 unspecified atom stereocenters. The number of aromatic nitrogens is 2. The van der Waals surface area contributed by atoms with E-state index in [0.717, 1.165) is 66.5 Å². The first-order chi connectivity index (χ1) is 23.7. The molecule has 4 heteroatoms. The molecular formula is C44H26N4. The Balaban J connectivity index is 1.27. The van der Waals surface area contributed by atoms with E-state index in [4.69, 9.17) is 0 Å². The number of hydrogen-bond acceptors (Lipinski definition) is 2. The van der Waals surface area contributed by atoms with Crippen molar-refractivity contribution >= 4 is 43.6 Å². The fourth-order valence-corrected chi connectivity index (χ4v) is 7.34. The zero-order valence-electron chi connectivity index (χ0n) is 25.8. The van der Waals surface area contributed by atoms with Crippen LogP contribution in [0.5, 0.6) is 0 Å². The topological polar surface area (TPSA) is 57.4 Å². The Kier molecular flexibility index (Phi) is 6.22. The second-order valence-electron chi connectivity index (χ2n) is 12.0. The van der Waals surface area contributed by atoms with Gasteiger partial charge in [0.15, 0.2) is 0 Å². The number of hydrogen-bond donors (Lipinski definition) is 0. The van der Waals surface area contributed by atoms with E-state index < -0.39 is 0 Å². The molecule has 7 aromatic carbocycles. The molecule has 0 N–H and O–H groups in total. The summed E-state index contributed by atoms with van der Waals surface area (Å²) in [7, 11) is 0. The molecule has 9 rings (SSSR count). The van der Waals surface area contributed by atoms with Gasteiger partial charge in [0, 0.05) is 38.4 Å². The highest BCUT2D eigenvalue weighted by Crippen LogP contribution is 2.39. The third kappa shape index (κ3) is 4.07. The standard InChI is InChI=1S/C44H26N4/c45-27-31-25-32(47-41-20-7-2-15-34(41)35-16-3-8-21-42(35)47)26-38(39(31)28-46)30-13-11-12-29(24-30)33-14-1-6-19-40(33)48-43-22-9-4-17-36(43)37-18-5-10-23-44(37)48/h1-26H. The van der Waals surface area contributed by atoms with Crippen molar-refractivity contribution in [2.45, 2.75) is 0 Å². The van der Waals surface area contributed by atoms with Crippen LogP contribution < -0.4 is 0 Å². The van der Waals surface area contributed by atoms with Gasteiger partial charge in [-0.25, -0.2) is 0 Å². The molecular weight excluding hydrogens is 585 g/mol. The zero-order chi connectivity index (χ0) is 32.2. The van der Waals surface area contributed by atoms with E-state index in [2.05, 4.69) is 137 Å². The van der Waals surface area contributed by atoms with Crippen LogP contribution in [0.15, 0.2) is 158 Å². The van der Waals surface area contributed by atoms with Gasteiger partial charge in [-0.05, 0) is 59.7 Å². The number of para-hydroxylation sites is 5. The number of rotatable bonds is 4. The van der Waals surface area contributed by atoms with E-state index >= 15 is 0 Å². The van der Waals surface area contributed by atoms with Gasteiger partial charge in [-0.2, -0.15) is 10.5 Å². The molecule has 0 amide bonds. The van der Waals surface area contributed by atoms with Crippen LogP contribution >= 0.6 is 0 Å². The minimum atomic E-state index is 0.350. The van der Waals surface area contributed by atoms with Gasteiger partial charge in [0.2, 0.25) is 0 Å². The molecule has 4 nitrogen and oxygen atoms in total. The number of benzene rings is 7. The fraction of sp³-hybridized carbons (Fsp3) is 0. The van der Waals surface area contributed by atoms with Crippen molar-refractivity contribution < 1.29 is 0 Å². The molecule has 0 radical (unpaired) electrons. The summed E-state index contributed by atoms with van der Waals surface area (Å²) in [5.74, 6) is 0. The van der Waals surface area contributed by atoms with Crippen molar-refractivity contribution in [2.75, 3.05) is 0 Å². The lowest BCUT2D eigenvalue weighted by atomic mass is 9.92. The molecule has 0 spiro atoms. The average Bonchev–Trinajstić information content (AvgIpc) is 3.67. The Morgan fingerprint density at radius 1 is 0.396 bits per heavy atom. The van der Waals surface area contributed by atoms with Crippen molar-refractivity contribution in [3.8, 4) is 45.8 Å². The van der Waals surface area contributed by atoms with E-state index in [-0.39, 0.29) is 0 Å². The van der Waals surface area contributed by atoms with E-state index in [0.29, 0.717) is 11.1 Å². The van der Waals surface area contributed by atoms with Gasteiger partial charge < -0.3 is 9.13 Å². The van der Waals surface area contributed by atoms with Gasteiger partial charge in [0.1, 0.15) is 12.1 Å². The summed E-state index contributed by atoms with van der Waals surface area (Å²) in [4.78, 5) is 0. The fourth-order valence-electron chi connectivity index (χ4n) is 7.34. The Labute approximate surface area is 277 Å². The van der Waals surface area contributed by atoms with Crippen LogP contribution in [0, 0.1) is 22.7 Å². The summed E-state index contributed by atoms with van der Waals surface area (Å²) >= 11 is 0. The maximum absolute atomic E-state index is 10.4. The summed E-state index contributed by atoms with van der Waals surface area (Å²) in [5.41, 5.74) is 10.7. The van der Waals surface area contributed by atoms with Crippen molar-refractivity contribution in [1.82, 2.24) is 9.13 Å². The van der Waals surface area contributed by atoms with Crippen LogP contribution in [0.2, 0.25) is 0 Å². The molecule has 0 atom stereocenters. The first kappa shape index (κ1) is 27.4. The van der Waals surface area contributed by atoms with Crippen LogP contribution in [0.25, 0.3) is 77.2 Å². The number of fused-ring (bicyclic) bond motifs is 6. The normalized spacial score (nSPS) is 11.3. The van der Waals surface area contributed by atoms with Crippen molar-refractivity contribution in [3.05, 3.63) is 169 Å². The van der Waals surface area contributed by atoms with Gasteiger partial charge in [0.25, 0.3) is 0 Å². The summed E-state index contributed by atoms with van der Waals surface area (Å²) < 4.78 is 4.53. The minimum absolute atomic E-state index is 0.350. The lowest BCUT2D eigenvalue weighted by molar-refractivity contribution is 1.17. The average molecular weight is 611 g/mol.